The molecule has 1 amide bonds. The van der Waals surface area contributed by atoms with Crippen LogP contribution >= 0.6 is 0 Å². The molecule has 0 unspecified atom stereocenters. The summed E-state index contributed by atoms with van der Waals surface area (Å²) in [6, 6.07) is 1.83. The second-order valence-electron chi connectivity index (χ2n) is 4.29. The zero-order chi connectivity index (χ0) is 13.0. The SMILES string of the molecule is Cc1cc(CN(C)C(=O)CCc2cn[nH]c2)no1. The molecule has 6 heteroatoms. The molecule has 0 aromatic carbocycles. The van der Waals surface area contributed by atoms with Gasteiger partial charge < -0.3 is 9.42 Å². The summed E-state index contributed by atoms with van der Waals surface area (Å²) in [5, 5.41) is 10.4. The first kappa shape index (κ1) is 12.3. The fraction of sp³-hybridized carbons (Fsp3) is 0.417. The van der Waals surface area contributed by atoms with Crippen LogP contribution in [-0.2, 0) is 17.8 Å². The van der Waals surface area contributed by atoms with E-state index < -0.39 is 0 Å². The van der Waals surface area contributed by atoms with E-state index in [-0.39, 0.29) is 5.91 Å². The molecule has 1 N–H and O–H groups in total. The Morgan fingerprint density at radius 3 is 3.00 bits per heavy atom. The number of H-pyrrole nitrogens is 1. The van der Waals surface area contributed by atoms with Crippen molar-refractivity contribution in [3.63, 3.8) is 0 Å². The largest absolute Gasteiger partial charge is 0.361 e. The number of amides is 1. The van der Waals surface area contributed by atoms with Crippen LogP contribution in [0.4, 0.5) is 0 Å². The molecule has 18 heavy (non-hydrogen) atoms. The molecule has 6 nitrogen and oxygen atoms in total. The van der Waals surface area contributed by atoms with Crippen molar-refractivity contribution in [2.75, 3.05) is 7.05 Å². The lowest BCUT2D eigenvalue weighted by Crippen LogP contribution is -2.26. The van der Waals surface area contributed by atoms with Crippen LogP contribution in [0.1, 0.15) is 23.4 Å². The average molecular weight is 248 g/mol. The quantitative estimate of drug-likeness (QED) is 0.865. The van der Waals surface area contributed by atoms with Crippen molar-refractivity contribution in [2.45, 2.75) is 26.3 Å². The first-order valence-corrected chi connectivity index (χ1v) is 5.79. The van der Waals surface area contributed by atoms with Crippen molar-refractivity contribution in [2.24, 2.45) is 0 Å². The van der Waals surface area contributed by atoms with Gasteiger partial charge in [-0.15, -0.1) is 0 Å². The summed E-state index contributed by atoms with van der Waals surface area (Å²) in [4.78, 5) is 13.5. The number of nitrogens with one attached hydrogen (secondary N) is 1. The van der Waals surface area contributed by atoms with E-state index in [2.05, 4.69) is 15.4 Å². The van der Waals surface area contributed by atoms with Gasteiger partial charge in [0.25, 0.3) is 0 Å². The van der Waals surface area contributed by atoms with Gasteiger partial charge in [-0.1, -0.05) is 5.16 Å². The second-order valence-corrected chi connectivity index (χ2v) is 4.29. The van der Waals surface area contributed by atoms with Crippen molar-refractivity contribution in [1.82, 2.24) is 20.3 Å². The number of carbonyl (C=O) groups is 1. The van der Waals surface area contributed by atoms with E-state index in [0.717, 1.165) is 17.0 Å². The minimum absolute atomic E-state index is 0.0804. The Hall–Kier alpha value is -2.11. The summed E-state index contributed by atoms with van der Waals surface area (Å²) in [7, 11) is 1.77. The standard InChI is InChI=1S/C12H16N4O2/c1-9-5-11(15-18-9)8-16(2)12(17)4-3-10-6-13-14-7-10/h5-7H,3-4,8H2,1-2H3,(H,13,14). The number of hydrogen-bond donors (Lipinski definition) is 1. The van der Waals surface area contributed by atoms with Crippen LogP contribution in [0.5, 0.6) is 0 Å². The molecule has 0 aliphatic rings. The lowest BCUT2D eigenvalue weighted by molar-refractivity contribution is -0.130. The minimum atomic E-state index is 0.0804. The fourth-order valence-corrected chi connectivity index (χ4v) is 1.68. The van der Waals surface area contributed by atoms with Gasteiger partial charge in [0, 0.05) is 25.7 Å². The van der Waals surface area contributed by atoms with Gasteiger partial charge in [0.1, 0.15) is 11.5 Å². The topological polar surface area (TPSA) is 75.0 Å². The van der Waals surface area contributed by atoms with E-state index in [1.54, 1.807) is 24.3 Å². The zero-order valence-corrected chi connectivity index (χ0v) is 10.5. The molecular formula is C12H16N4O2. The molecule has 2 aromatic heterocycles. The number of aryl methyl sites for hydroxylation is 2. The van der Waals surface area contributed by atoms with Gasteiger partial charge in [-0.2, -0.15) is 5.10 Å². The van der Waals surface area contributed by atoms with Crippen LogP contribution in [-0.4, -0.2) is 33.2 Å². The van der Waals surface area contributed by atoms with Gasteiger partial charge in [-0.25, -0.2) is 0 Å². The highest BCUT2D eigenvalue weighted by Gasteiger charge is 2.11. The smallest absolute Gasteiger partial charge is 0.222 e. The third kappa shape index (κ3) is 3.19. The molecule has 2 heterocycles. The van der Waals surface area contributed by atoms with Crippen molar-refractivity contribution in [3.05, 3.63) is 35.5 Å². The normalized spacial score (nSPS) is 10.6. The van der Waals surface area contributed by atoms with Crippen LogP contribution in [0.15, 0.2) is 23.0 Å². The van der Waals surface area contributed by atoms with Gasteiger partial charge in [0.15, 0.2) is 0 Å². The zero-order valence-electron chi connectivity index (χ0n) is 10.5. The molecule has 0 saturated carbocycles. The maximum atomic E-state index is 11.9. The Labute approximate surface area is 105 Å². The summed E-state index contributed by atoms with van der Waals surface area (Å²) in [5.74, 6) is 0.834. The fourth-order valence-electron chi connectivity index (χ4n) is 1.68. The van der Waals surface area contributed by atoms with E-state index in [4.69, 9.17) is 4.52 Å². The van der Waals surface area contributed by atoms with Crippen molar-refractivity contribution >= 4 is 5.91 Å². The monoisotopic (exact) mass is 248 g/mol. The van der Waals surface area contributed by atoms with Gasteiger partial charge >= 0.3 is 0 Å². The molecule has 0 aliphatic heterocycles. The maximum absolute atomic E-state index is 11.9. The first-order valence-electron chi connectivity index (χ1n) is 5.79. The molecule has 96 valence electrons. The number of hydrogen-bond acceptors (Lipinski definition) is 4. The van der Waals surface area contributed by atoms with Gasteiger partial charge in [-0.3, -0.25) is 9.89 Å². The summed E-state index contributed by atoms with van der Waals surface area (Å²) >= 11 is 0. The number of rotatable bonds is 5. The highest BCUT2D eigenvalue weighted by molar-refractivity contribution is 5.76. The molecule has 0 spiro atoms. The molecule has 0 radical (unpaired) electrons. The third-order valence-electron chi connectivity index (χ3n) is 2.68. The van der Waals surface area contributed by atoms with E-state index in [1.165, 1.54) is 0 Å². The van der Waals surface area contributed by atoms with E-state index in [9.17, 15) is 4.79 Å². The van der Waals surface area contributed by atoms with Crippen LogP contribution in [0, 0.1) is 6.92 Å². The Kier molecular flexibility index (Phi) is 3.76. The van der Waals surface area contributed by atoms with Gasteiger partial charge in [0.2, 0.25) is 5.91 Å². The van der Waals surface area contributed by atoms with Crippen LogP contribution < -0.4 is 0 Å². The highest BCUT2D eigenvalue weighted by Crippen LogP contribution is 2.07. The van der Waals surface area contributed by atoms with Crippen LogP contribution in [0.2, 0.25) is 0 Å². The molecule has 0 aliphatic carbocycles. The van der Waals surface area contributed by atoms with Crippen molar-refractivity contribution in [3.8, 4) is 0 Å². The predicted molar refractivity (Wildman–Crippen MR) is 64.6 cm³/mol. The molecule has 2 rings (SSSR count). The lowest BCUT2D eigenvalue weighted by atomic mass is 10.2. The molecule has 0 atom stereocenters. The summed E-state index contributed by atoms with van der Waals surface area (Å²) in [5.41, 5.74) is 1.81. The van der Waals surface area contributed by atoms with E-state index >= 15 is 0 Å². The van der Waals surface area contributed by atoms with Gasteiger partial charge in [-0.05, 0) is 18.9 Å². The van der Waals surface area contributed by atoms with E-state index in [0.29, 0.717) is 19.4 Å². The molecular weight excluding hydrogens is 232 g/mol. The van der Waals surface area contributed by atoms with Crippen LogP contribution in [0.25, 0.3) is 0 Å². The van der Waals surface area contributed by atoms with E-state index in [1.807, 2.05) is 13.0 Å². The summed E-state index contributed by atoms with van der Waals surface area (Å²) < 4.78 is 4.96. The lowest BCUT2D eigenvalue weighted by Gasteiger charge is -2.15. The first-order chi connectivity index (χ1) is 8.65. The van der Waals surface area contributed by atoms with Gasteiger partial charge in [0.05, 0.1) is 12.7 Å². The predicted octanol–water partition coefficient (Wildman–Crippen LogP) is 1.30. The average Bonchev–Trinajstić information content (AvgIpc) is 2.97. The molecule has 2 aromatic rings. The second kappa shape index (κ2) is 5.48. The number of aromatic nitrogens is 3. The van der Waals surface area contributed by atoms with Crippen LogP contribution in [0.3, 0.4) is 0 Å². The Morgan fingerprint density at radius 1 is 1.56 bits per heavy atom. The number of nitrogens with zero attached hydrogens (tertiary/aromatic N) is 3. The Morgan fingerprint density at radius 2 is 2.39 bits per heavy atom. The Balaban J connectivity index is 1.81. The van der Waals surface area contributed by atoms with Crippen molar-refractivity contribution in [1.29, 1.82) is 0 Å². The van der Waals surface area contributed by atoms with Crippen molar-refractivity contribution < 1.29 is 9.32 Å². The molecule has 0 bridgehead atoms. The Bertz CT molecular complexity index is 504. The summed E-state index contributed by atoms with van der Waals surface area (Å²) in [6.45, 7) is 2.30. The minimum Gasteiger partial charge on any atom is -0.361 e. The third-order valence-corrected chi connectivity index (χ3v) is 2.68. The summed E-state index contributed by atoms with van der Waals surface area (Å²) in [6.07, 6.45) is 4.69. The highest BCUT2D eigenvalue weighted by atomic mass is 16.5. The number of aromatic amines is 1. The molecule has 0 fully saturated rings. The number of carbonyl (C=O) groups excluding carboxylic acids is 1. The maximum Gasteiger partial charge on any atom is 0.222 e. The molecule has 0 saturated heterocycles.